The summed E-state index contributed by atoms with van der Waals surface area (Å²) < 4.78 is 0. The Bertz CT molecular complexity index is 638. The van der Waals surface area contributed by atoms with Crippen molar-refractivity contribution in [2.75, 3.05) is 12.4 Å². The molecular weight excluding hydrogens is 310 g/mol. The Morgan fingerprint density at radius 2 is 2.13 bits per heavy atom. The van der Waals surface area contributed by atoms with E-state index < -0.39 is 0 Å². The number of aryl methyl sites for hydroxylation is 2. The van der Waals surface area contributed by atoms with E-state index in [-0.39, 0.29) is 6.03 Å². The first-order valence-corrected chi connectivity index (χ1v) is 8.51. The number of carbonyl (C=O) groups excluding carboxylic acids is 1. The van der Waals surface area contributed by atoms with Crippen LogP contribution in [0.15, 0.2) is 18.3 Å². The highest BCUT2D eigenvalue weighted by molar-refractivity contribution is 7.11. The third-order valence-electron chi connectivity index (χ3n) is 3.36. The highest BCUT2D eigenvalue weighted by atomic mass is 32.1. The van der Waals surface area contributed by atoms with E-state index in [1.807, 2.05) is 25.3 Å². The first kappa shape index (κ1) is 17.3. The van der Waals surface area contributed by atoms with E-state index in [0.29, 0.717) is 18.3 Å². The summed E-state index contributed by atoms with van der Waals surface area (Å²) in [6.45, 7) is 6.74. The molecule has 124 valence electrons. The van der Waals surface area contributed by atoms with Crippen molar-refractivity contribution in [3.8, 4) is 0 Å². The molecule has 0 aliphatic rings. The van der Waals surface area contributed by atoms with Gasteiger partial charge in [-0.05, 0) is 37.3 Å². The summed E-state index contributed by atoms with van der Waals surface area (Å²) in [5.74, 6) is 1.23. The Morgan fingerprint density at radius 3 is 2.70 bits per heavy atom. The lowest BCUT2D eigenvalue weighted by molar-refractivity contribution is 0.220. The topological polar surface area (TPSA) is 71.0 Å². The minimum Gasteiger partial charge on any atom is -0.321 e. The minimum absolute atomic E-state index is 0.208. The van der Waals surface area contributed by atoms with E-state index in [4.69, 9.17) is 0 Å². The zero-order chi connectivity index (χ0) is 16.8. The van der Waals surface area contributed by atoms with Crippen LogP contribution in [0.2, 0.25) is 0 Å². The summed E-state index contributed by atoms with van der Waals surface area (Å²) in [5.41, 5.74) is 1.19. The van der Waals surface area contributed by atoms with Crippen LogP contribution >= 0.6 is 11.3 Å². The van der Waals surface area contributed by atoms with Crippen LogP contribution in [0.5, 0.6) is 0 Å². The number of pyridine rings is 1. The number of amides is 2. The van der Waals surface area contributed by atoms with Crippen LogP contribution in [0.25, 0.3) is 0 Å². The monoisotopic (exact) mass is 333 g/mol. The highest BCUT2D eigenvalue weighted by Crippen LogP contribution is 2.13. The average molecular weight is 333 g/mol. The Hall–Kier alpha value is -2.02. The maximum Gasteiger partial charge on any atom is 0.323 e. The number of nitrogens with one attached hydrogen (secondary N) is 1. The molecule has 2 amide bonds. The number of anilines is 1. The maximum absolute atomic E-state index is 12.2. The summed E-state index contributed by atoms with van der Waals surface area (Å²) >= 11 is 1.49. The van der Waals surface area contributed by atoms with E-state index >= 15 is 0 Å². The van der Waals surface area contributed by atoms with Gasteiger partial charge in [-0.2, -0.15) is 0 Å². The summed E-state index contributed by atoms with van der Waals surface area (Å²) in [7, 11) is 1.73. The molecular formula is C16H23N5OS. The van der Waals surface area contributed by atoms with Crippen molar-refractivity contribution in [1.29, 1.82) is 0 Å². The number of hydrogen-bond donors (Lipinski definition) is 1. The van der Waals surface area contributed by atoms with E-state index in [9.17, 15) is 4.79 Å². The highest BCUT2D eigenvalue weighted by Gasteiger charge is 2.12. The number of hydrogen-bond acceptors (Lipinski definition) is 5. The molecule has 0 radical (unpaired) electrons. The molecule has 0 spiro atoms. The van der Waals surface area contributed by atoms with Crippen LogP contribution in [0.1, 0.15) is 35.8 Å². The van der Waals surface area contributed by atoms with Gasteiger partial charge in [0.1, 0.15) is 15.8 Å². The molecule has 7 heteroatoms. The summed E-state index contributed by atoms with van der Waals surface area (Å²) in [6.07, 6.45) is 3.97. The Kier molecular flexibility index (Phi) is 6.04. The largest absolute Gasteiger partial charge is 0.323 e. The van der Waals surface area contributed by atoms with E-state index in [1.54, 1.807) is 11.9 Å². The van der Waals surface area contributed by atoms with Crippen molar-refractivity contribution in [3.05, 3.63) is 33.9 Å². The molecule has 0 saturated heterocycles. The number of carbonyl (C=O) groups is 1. The van der Waals surface area contributed by atoms with Crippen LogP contribution in [-0.4, -0.2) is 33.2 Å². The number of aromatic nitrogens is 3. The van der Waals surface area contributed by atoms with Crippen LogP contribution in [0.3, 0.4) is 0 Å². The van der Waals surface area contributed by atoms with Gasteiger partial charge in [0.25, 0.3) is 0 Å². The second-order valence-electron chi connectivity index (χ2n) is 5.99. The molecule has 1 N–H and O–H groups in total. The van der Waals surface area contributed by atoms with Gasteiger partial charge in [0, 0.05) is 13.2 Å². The smallest absolute Gasteiger partial charge is 0.321 e. The average Bonchev–Trinajstić information content (AvgIpc) is 2.91. The fourth-order valence-electron chi connectivity index (χ4n) is 1.98. The fraction of sp³-hybridized carbons (Fsp3) is 0.500. The summed E-state index contributed by atoms with van der Waals surface area (Å²) in [4.78, 5) is 18.0. The van der Waals surface area contributed by atoms with Gasteiger partial charge in [0.15, 0.2) is 0 Å². The normalized spacial score (nSPS) is 10.8. The van der Waals surface area contributed by atoms with E-state index in [1.165, 1.54) is 16.9 Å². The number of rotatable bonds is 6. The molecule has 0 saturated carbocycles. The predicted octanol–water partition coefficient (Wildman–Crippen LogP) is 3.49. The standard InChI is InChI=1S/C16H23N5OS/c1-11(2)5-6-13-7-8-14(17-9-13)18-16(22)21(4)10-15-20-19-12(3)23-15/h7-9,11H,5-6,10H2,1-4H3,(H,17,18,22). The second-order valence-corrected chi connectivity index (χ2v) is 7.25. The van der Waals surface area contributed by atoms with Gasteiger partial charge in [-0.3, -0.25) is 5.32 Å². The zero-order valence-electron chi connectivity index (χ0n) is 14.0. The number of urea groups is 1. The molecule has 0 aromatic carbocycles. The summed E-state index contributed by atoms with van der Waals surface area (Å²) in [6, 6.07) is 3.65. The van der Waals surface area contributed by atoms with Crippen molar-refractivity contribution < 1.29 is 4.79 Å². The Morgan fingerprint density at radius 1 is 1.35 bits per heavy atom. The van der Waals surface area contributed by atoms with Crippen molar-refractivity contribution >= 4 is 23.2 Å². The molecule has 0 unspecified atom stereocenters. The van der Waals surface area contributed by atoms with Gasteiger partial charge in [-0.25, -0.2) is 9.78 Å². The van der Waals surface area contributed by atoms with Crippen molar-refractivity contribution in [2.45, 2.75) is 40.2 Å². The maximum atomic E-state index is 12.2. The molecule has 6 nitrogen and oxygen atoms in total. The van der Waals surface area contributed by atoms with Gasteiger partial charge in [-0.15, -0.1) is 10.2 Å². The molecule has 0 fully saturated rings. The van der Waals surface area contributed by atoms with Crippen molar-refractivity contribution in [1.82, 2.24) is 20.1 Å². The molecule has 2 heterocycles. The van der Waals surface area contributed by atoms with Crippen LogP contribution in [-0.2, 0) is 13.0 Å². The third kappa shape index (κ3) is 5.59. The van der Waals surface area contributed by atoms with Gasteiger partial charge < -0.3 is 4.90 Å². The second kappa shape index (κ2) is 8.01. The predicted molar refractivity (Wildman–Crippen MR) is 92.5 cm³/mol. The van der Waals surface area contributed by atoms with Gasteiger partial charge in [0.05, 0.1) is 6.54 Å². The molecule has 0 bridgehead atoms. The van der Waals surface area contributed by atoms with Crippen LogP contribution in [0.4, 0.5) is 10.6 Å². The van der Waals surface area contributed by atoms with Gasteiger partial charge in [0.2, 0.25) is 0 Å². The third-order valence-corrected chi connectivity index (χ3v) is 4.18. The fourth-order valence-corrected chi connectivity index (χ4v) is 2.75. The molecule has 2 aromatic heterocycles. The molecule has 2 rings (SSSR count). The van der Waals surface area contributed by atoms with Crippen LogP contribution in [0, 0.1) is 12.8 Å². The van der Waals surface area contributed by atoms with E-state index in [0.717, 1.165) is 22.9 Å². The summed E-state index contributed by atoms with van der Waals surface area (Å²) in [5, 5.41) is 12.5. The lowest BCUT2D eigenvalue weighted by Gasteiger charge is -2.16. The van der Waals surface area contributed by atoms with Crippen molar-refractivity contribution in [2.24, 2.45) is 5.92 Å². The van der Waals surface area contributed by atoms with Gasteiger partial charge in [-0.1, -0.05) is 31.3 Å². The minimum atomic E-state index is -0.208. The molecule has 23 heavy (non-hydrogen) atoms. The Balaban J connectivity index is 1.86. The Labute approximate surface area is 141 Å². The lowest BCUT2D eigenvalue weighted by atomic mass is 10.0. The number of nitrogens with zero attached hydrogens (tertiary/aromatic N) is 4. The first-order valence-electron chi connectivity index (χ1n) is 7.70. The van der Waals surface area contributed by atoms with E-state index in [2.05, 4.69) is 34.3 Å². The molecule has 2 aromatic rings. The quantitative estimate of drug-likeness (QED) is 0.878. The van der Waals surface area contributed by atoms with Crippen LogP contribution < -0.4 is 5.32 Å². The molecule has 0 aliphatic heterocycles. The van der Waals surface area contributed by atoms with Gasteiger partial charge >= 0.3 is 6.03 Å². The lowest BCUT2D eigenvalue weighted by Crippen LogP contribution is -2.31. The van der Waals surface area contributed by atoms with Crippen molar-refractivity contribution in [3.63, 3.8) is 0 Å². The SMILES string of the molecule is Cc1nnc(CN(C)C(=O)Nc2ccc(CCC(C)C)cn2)s1. The molecule has 0 atom stereocenters. The first-order chi connectivity index (χ1) is 10.9. The molecule has 0 aliphatic carbocycles. The zero-order valence-corrected chi connectivity index (χ0v) is 14.9.